The largest absolute Gasteiger partial charge is 0.360 e. The van der Waals surface area contributed by atoms with Crippen molar-refractivity contribution in [3.8, 4) is 0 Å². The lowest BCUT2D eigenvalue weighted by atomic mass is 9.49. The van der Waals surface area contributed by atoms with Crippen molar-refractivity contribution in [3.63, 3.8) is 0 Å². The molecule has 4 bridgehead atoms. The molecule has 0 aliphatic heterocycles. The summed E-state index contributed by atoms with van der Waals surface area (Å²) in [6, 6.07) is 0. The fourth-order valence-corrected chi connectivity index (χ4v) is 5.87. The molecule has 4 heteroatoms. The monoisotopic (exact) mass is 291 g/mol. The Morgan fingerprint density at radius 2 is 1.75 bits per heavy atom. The maximum Gasteiger partial charge on any atom is 0.202 e. The van der Waals surface area contributed by atoms with Gasteiger partial charge in [-0.1, -0.05) is 13.8 Å². The lowest BCUT2D eigenvalue weighted by Crippen LogP contribution is -2.49. The summed E-state index contributed by atoms with van der Waals surface area (Å²) < 4.78 is 4.75. The molecule has 5 rings (SSSR count). The van der Waals surface area contributed by atoms with Crippen LogP contribution in [0.15, 0.2) is 0 Å². The number of aromatic nitrogens is 2. The van der Waals surface area contributed by atoms with E-state index in [2.05, 4.69) is 19.2 Å². The van der Waals surface area contributed by atoms with Gasteiger partial charge in [-0.25, -0.2) is 4.98 Å². The Morgan fingerprint density at radius 3 is 2.30 bits per heavy atom. The topological polar surface area (TPSA) is 37.8 Å². The summed E-state index contributed by atoms with van der Waals surface area (Å²) >= 11 is 1.57. The summed E-state index contributed by atoms with van der Waals surface area (Å²) in [6.45, 7) is 5.46. The van der Waals surface area contributed by atoms with Crippen LogP contribution in [0.4, 0.5) is 5.13 Å². The summed E-state index contributed by atoms with van der Waals surface area (Å²) in [4.78, 5) is 4.87. The number of hydrogen-bond donors (Lipinski definition) is 1. The molecule has 3 nitrogen and oxygen atoms in total. The molecule has 20 heavy (non-hydrogen) atoms. The first-order valence-electron chi connectivity index (χ1n) is 8.21. The molecule has 110 valence electrons. The van der Waals surface area contributed by atoms with Crippen LogP contribution >= 0.6 is 11.5 Å². The highest BCUT2D eigenvalue weighted by molar-refractivity contribution is 7.09. The summed E-state index contributed by atoms with van der Waals surface area (Å²) in [5.41, 5.74) is 0.350. The third-order valence-electron chi connectivity index (χ3n) is 5.60. The molecular weight excluding hydrogens is 266 g/mol. The maximum atomic E-state index is 4.87. The van der Waals surface area contributed by atoms with E-state index in [1.54, 1.807) is 11.5 Å². The Bertz CT molecular complexity index is 458. The van der Waals surface area contributed by atoms with E-state index < -0.39 is 0 Å². The third-order valence-corrected chi connectivity index (χ3v) is 6.27. The predicted octanol–water partition coefficient (Wildman–Crippen LogP) is 4.07. The van der Waals surface area contributed by atoms with Crippen molar-refractivity contribution >= 4 is 16.7 Å². The van der Waals surface area contributed by atoms with Crippen molar-refractivity contribution in [1.82, 2.24) is 9.36 Å². The van der Waals surface area contributed by atoms with Crippen LogP contribution < -0.4 is 5.32 Å². The highest BCUT2D eigenvalue weighted by Gasteiger charge is 2.53. The van der Waals surface area contributed by atoms with Gasteiger partial charge in [0.25, 0.3) is 0 Å². The second kappa shape index (κ2) is 4.69. The van der Waals surface area contributed by atoms with Gasteiger partial charge in [0.1, 0.15) is 0 Å². The van der Waals surface area contributed by atoms with Crippen LogP contribution in [0.3, 0.4) is 0 Å². The maximum absolute atomic E-state index is 4.87. The first-order valence-corrected chi connectivity index (χ1v) is 8.98. The van der Waals surface area contributed by atoms with Gasteiger partial charge in [0.2, 0.25) is 5.13 Å². The van der Waals surface area contributed by atoms with E-state index in [1.807, 2.05) is 0 Å². The molecular formula is C16H25N3S. The molecule has 1 heterocycles. The van der Waals surface area contributed by atoms with Crippen LogP contribution in [-0.4, -0.2) is 15.9 Å². The quantitative estimate of drug-likeness (QED) is 0.908. The van der Waals surface area contributed by atoms with E-state index in [4.69, 9.17) is 9.36 Å². The minimum Gasteiger partial charge on any atom is -0.360 e. The molecule has 0 unspecified atom stereocenters. The predicted molar refractivity (Wildman–Crippen MR) is 83.1 cm³/mol. The highest BCUT2D eigenvalue weighted by Crippen LogP contribution is 2.60. The number of nitrogens with zero attached hydrogens (tertiary/aromatic N) is 2. The summed E-state index contributed by atoms with van der Waals surface area (Å²) in [6.07, 6.45) is 8.55. The number of nitrogens with one attached hydrogen (secondary N) is 1. The fraction of sp³-hybridized carbons (Fsp3) is 0.875. The lowest BCUT2D eigenvalue weighted by molar-refractivity contribution is -0.00880. The molecule has 4 saturated carbocycles. The van der Waals surface area contributed by atoms with Crippen LogP contribution in [0, 0.1) is 23.7 Å². The second-order valence-electron chi connectivity index (χ2n) is 7.90. The first kappa shape index (κ1) is 13.1. The van der Waals surface area contributed by atoms with Crippen molar-refractivity contribution in [1.29, 1.82) is 0 Å². The van der Waals surface area contributed by atoms with Crippen molar-refractivity contribution in [2.75, 3.05) is 11.9 Å². The average molecular weight is 291 g/mol. The van der Waals surface area contributed by atoms with Gasteiger partial charge in [-0.3, -0.25) is 0 Å². The minimum absolute atomic E-state index is 0.350. The molecule has 4 aliphatic rings. The molecule has 1 aromatic rings. The zero-order valence-electron chi connectivity index (χ0n) is 12.6. The van der Waals surface area contributed by atoms with E-state index in [9.17, 15) is 0 Å². The average Bonchev–Trinajstić information content (AvgIpc) is 2.84. The Hall–Kier alpha value is -0.640. The zero-order valence-corrected chi connectivity index (χ0v) is 13.4. The Balaban J connectivity index is 1.55. The van der Waals surface area contributed by atoms with E-state index in [0.29, 0.717) is 11.3 Å². The molecule has 0 radical (unpaired) electrons. The highest BCUT2D eigenvalue weighted by atomic mass is 32.1. The molecule has 1 N–H and O–H groups in total. The Kier molecular flexibility index (Phi) is 3.06. The molecule has 0 saturated heterocycles. The number of anilines is 1. The van der Waals surface area contributed by atoms with Crippen LogP contribution in [0.25, 0.3) is 0 Å². The van der Waals surface area contributed by atoms with Gasteiger partial charge in [-0.2, -0.15) is 4.37 Å². The molecule has 4 aliphatic carbocycles. The third kappa shape index (κ3) is 2.16. The first-order chi connectivity index (χ1) is 9.63. The van der Waals surface area contributed by atoms with Crippen LogP contribution in [0.5, 0.6) is 0 Å². The summed E-state index contributed by atoms with van der Waals surface area (Å²) in [7, 11) is 0. The Morgan fingerprint density at radius 1 is 1.15 bits per heavy atom. The number of hydrogen-bond acceptors (Lipinski definition) is 4. The van der Waals surface area contributed by atoms with Crippen molar-refractivity contribution < 1.29 is 0 Å². The van der Waals surface area contributed by atoms with Crippen molar-refractivity contribution in [3.05, 3.63) is 5.82 Å². The summed E-state index contributed by atoms with van der Waals surface area (Å²) in [5, 5.41) is 4.47. The second-order valence-corrected chi connectivity index (χ2v) is 8.65. The van der Waals surface area contributed by atoms with Gasteiger partial charge in [-0.15, -0.1) is 0 Å². The van der Waals surface area contributed by atoms with E-state index in [0.717, 1.165) is 29.4 Å². The van der Waals surface area contributed by atoms with Gasteiger partial charge in [-0.05, 0) is 62.2 Å². The molecule has 0 atom stereocenters. The van der Waals surface area contributed by atoms with Crippen molar-refractivity contribution in [2.45, 2.75) is 57.8 Å². The molecule has 0 amide bonds. The van der Waals surface area contributed by atoms with E-state index in [1.165, 1.54) is 44.3 Å². The standard InChI is InChI=1S/C16H25N3S/c1-10(2)9-17-15-18-14(19-20-15)16-6-11-3-12(7-16)5-13(4-11)8-16/h10-13H,3-9H2,1-2H3,(H,17,18,19). The van der Waals surface area contributed by atoms with Gasteiger partial charge in [0.05, 0.1) is 0 Å². The van der Waals surface area contributed by atoms with Crippen LogP contribution in [-0.2, 0) is 5.41 Å². The fourth-order valence-electron chi connectivity index (χ4n) is 5.19. The SMILES string of the molecule is CC(C)CNc1nc(C23CC4CC(CC(C4)C2)C3)ns1. The van der Waals surface area contributed by atoms with E-state index in [-0.39, 0.29) is 0 Å². The van der Waals surface area contributed by atoms with Gasteiger partial charge in [0.15, 0.2) is 5.82 Å². The molecule has 0 aromatic carbocycles. The number of rotatable bonds is 4. The molecule has 4 fully saturated rings. The van der Waals surface area contributed by atoms with Gasteiger partial charge in [0, 0.05) is 23.5 Å². The normalized spacial score (nSPS) is 38.6. The molecule has 1 aromatic heterocycles. The minimum atomic E-state index is 0.350. The van der Waals surface area contributed by atoms with E-state index >= 15 is 0 Å². The summed E-state index contributed by atoms with van der Waals surface area (Å²) in [5.74, 6) is 4.74. The smallest absolute Gasteiger partial charge is 0.202 e. The van der Waals surface area contributed by atoms with Crippen LogP contribution in [0.1, 0.15) is 58.2 Å². The zero-order chi connectivity index (χ0) is 13.7. The molecule has 0 spiro atoms. The van der Waals surface area contributed by atoms with Crippen LogP contribution in [0.2, 0.25) is 0 Å². The van der Waals surface area contributed by atoms with Gasteiger partial charge < -0.3 is 5.32 Å². The van der Waals surface area contributed by atoms with Crippen molar-refractivity contribution in [2.24, 2.45) is 23.7 Å². The Labute approximate surface area is 125 Å². The lowest BCUT2D eigenvalue weighted by Gasteiger charge is -2.55. The van der Waals surface area contributed by atoms with Gasteiger partial charge >= 0.3 is 0 Å².